The van der Waals surface area contributed by atoms with Gasteiger partial charge >= 0.3 is 0 Å². The lowest BCUT2D eigenvalue weighted by Crippen LogP contribution is -2.33. The van der Waals surface area contributed by atoms with Gasteiger partial charge in [-0.2, -0.15) is 0 Å². The minimum atomic E-state index is -3.30. The van der Waals surface area contributed by atoms with Crippen LogP contribution in [0.2, 0.25) is 5.02 Å². The Bertz CT molecular complexity index is 662. The molecular formula is C14H18ClNO3S2. The number of nitrogens with two attached hydrogens (primary N) is 1. The fraction of sp³-hybridized carbons (Fsp3) is 0.500. The zero-order valence-electron chi connectivity index (χ0n) is 11.9. The van der Waals surface area contributed by atoms with Crippen LogP contribution in [-0.4, -0.2) is 38.1 Å². The Balaban J connectivity index is 2.54. The maximum Gasteiger partial charge on any atom is 0.154 e. The first-order chi connectivity index (χ1) is 9.81. The summed E-state index contributed by atoms with van der Waals surface area (Å²) in [6.07, 6.45) is 0. The molecule has 0 unspecified atom stereocenters. The maximum atomic E-state index is 12.4. The van der Waals surface area contributed by atoms with Crippen LogP contribution in [0.5, 0.6) is 0 Å². The van der Waals surface area contributed by atoms with Crippen LogP contribution in [0.3, 0.4) is 0 Å². The summed E-state index contributed by atoms with van der Waals surface area (Å²) in [7, 11) is -1.78. The Morgan fingerprint density at radius 2 is 2.19 bits per heavy atom. The van der Waals surface area contributed by atoms with Crippen LogP contribution in [0.25, 0.3) is 0 Å². The number of sulfone groups is 1. The number of thiocarbonyl (C=S) groups is 1. The molecular weight excluding hydrogens is 330 g/mol. The number of rotatable bonds is 6. The van der Waals surface area contributed by atoms with E-state index in [1.54, 1.807) is 25.1 Å². The van der Waals surface area contributed by atoms with Crippen molar-refractivity contribution in [2.24, 2.45) is 11.1 Å². The summed E-state index contributed by atoms with van der Waals surface area (Å²) in [6, 6.07) is 7.16. The highest BCUT2D eigenvalue weighted by Crippen LogP contribution is 2.63. The number of halogens is 1. The van der Waals surface area contributed by atoms with E-state index in [0.717, 1.165) is 5.56 Å². The summed E-state index contributed by atoms with van der Waals surface area (Å²) in [5, 5.41) is -0.0905. The van der Waals surface area contributed by atoms with Gasteiger partial charge in [0, 0.05) is 23.8 Å². The highest BCUT2D eigenvalue weighted by atomic mass is 35.5. The van der Waals surface area contributed by atoms with E-state index in [1.807, 2.05) is 6.07 Å². The SMILES string of the molecule is CCS(=O)(=O)[C@@H]1[C@H](c2cccc(Cl)c2)[C@@]1(COC)C(N)=S. The minimum absolute atomic E-state index is 0.0445. The van der Waals surface area contributed by atoms with Crippen LogP contribution < -0.4 is 5.73 Å². The van der Waals surface area contributed by atoms with Gasteiger partial charge in [0.05, 0.1) is 22.3 Å². The summed E-state index contributed by atoms with van der Waals surface area (Å²) in [4.78, 5) is 0.177. The molecule has 2 N–H and O–H groups in total. The molecule has 0 amide bonds. The lowest BCUT2D eigenvalue weighted by Gasteiger charge is -2.15. The van der Waals surface area contributed by atoms with E-state index < -0.39 is 20.5 Å². The van der Waals surface area contributed by atoms with Crippen molar-refractivity contribution in [3.05, 3.63) is 34.9 Å². The molecule has 0 radical (unpaired) electrons. The van der Waals surface area contributed by atoms with Crippen LogP contribution in [0.15, 0.2) is 24.3 Å². The molecule has 1 aromatic rings. The van der Waals surface area contributed by atoms with Crippen LogP contribution in [-0.2, 0) is 14.6 Å². The molecule has 21 heavy (non-hydrogen) atoms. The third kappa shape index (κ3) is 2.70. The van der Waals surface area contributed by atoms with Crippen molar-refractivity contribution >= 4 is 38.6 Å². The molecule has 0 saturated heterocycles. The Morgan fingerprint density at radius 1 is 1.52 bits per heavy atom. The van der Waals surface area contributed by atoms with Crippen LogP contribution in [0.1, 0.15) is 18.4 Å². The quantitative estimate of drug-likeness (QED) is 0.798. The first-order valence-electron chi connectivity index (χ1n) is 6.57. The topological polar surface area (TPSA) is 69.4 Å². The van der Waals surface area contributed by atoms with Crippen LogP contribution in [0.4, 0.5) is 0 Å². The minimum Gasteiger partial charge on any atom is -0.393 e. The summed E-state index contributed by atoms with van der Waals surface area (Å²) in [5.41, 5.74) is 5.86. The second-order valence-corrected chi connectivity index (χ2v) is 8.53. The van der Waals surface area contributed by atoms with Gasteiger partial charge in [-0.05, 0) is 17.7 Å². The Labute approximate surface area is 135 Å². The van der Waals surface area contributed by atoms with Crippen molar-refractivity contribution in [1.82, 2.24) is 0 Å². The average Bonchev–Trinajstić information content (AvgIpc) is 3.10. The van der Waals surface area contributed by atoms with Crippen molar-refractivity contribution in [2.45, 2.75) is 18.1 Å². The number of methoxy groups -OCH3 is 1. The van der Waals surface area contributed by atoms with E-state index >= 15 is 0 Å². The second-order valence-electron chi connectivity index (χ2n) is 5.24. The molecule has 3 atom stereocenters. The lowest BCUT2D eigenvalue weighted by atomic mass is 10.00. The Hall–Kier alpha value is -0.690. The van der Waals surface area contributed by atoms with Crippen molar-refractivity contribution in [3.8, 4) is 0 Å². The van der Waals surface area contributed by atoms with Gasteiger partial charge in [0.15, 0.2) is 9.84 Å². The van der Waals surface area contributed by atoms with Gasteiger partial charge in [0.25, 0.3) is 0 Å². The predicted octanol–water partition coefficient (Wildman–Crippen LogP) is 2.16. The molecule has 2 rings (SSSR count). The van der Waals surface area contributed by atoms with E-state index in [0.29, 0.717) is 5.02 Å². The van der Waals surface area contributed by atoms with Gasteiger partial charge in [-0.3, -0.25) is 0 Å². The van der Waals surface area contributed by atoms with Crippen LogP contribution >= 0.6 is 23.8 Å². The van der Waals surface area contributed by atoms with Gasteiger partial charge in [0.2, 0.25) is 0 Å². The maximum absolute atomic E-state index is 12.4. The molecule has 1 aliphatic carbocycles. The van der Waals surface area contributed by atoms with E-state index in [1.165, 1.54) is 7.11 Å². The number of hydrogen-bond donors (Lipinski definition) is 1. The summed E-state index contributed by atoms with van der Waals surface area (Å²) in [6.45, 7) is 1.81. The molecule has 0 heterocycles. The summed E-state index contributed by atoms with van der Waals surface area (Å²) < 4.78 is 30.1. The third-order valence-electron chi connectivity index (χ3n) is 4.10. The van der Waals surface area contributed by atoms with Gasteiger partial charge in [-0.25, -0.2) is 8.42 Å². The van der Waals surface area contributed by atoms with Crippen molar-refractivity contribution < 1.29 is 13.2 Å². The average molecular weight is 348 g/mol. The normalized spacial score (nSPS) is 28.3. The molecule has 1 saturated carbocycles. The standard InChI is InChI=1S/C14H18ClNO3S2/c1-3-21(17,18)12-11(9-5-4-6-10(15)7-9)14(12,8-19-2)13(16)20/h4-7,11-12H,3,8H2,1-2H3,(H2,16,20)/t11-,12+,14+/m0/s1. The highest BCUT2D eigenvalue weighted by molar-refractivity contribution is 7.92. The van der Waals surface area contributed by atoms with Crippen molar-refractivity contribution in [1.29, 1.82) is 0 Å². The van der Waals surface area contributed by atoms with E-state index in [9.17, 15) is 8.42 Å². The number of benzene rings is 1. The number of ether oxygens (including phenoxy) is 1. The summed E-state index contributed by atoms with van der Waals surface area (Å²) >= 11 is 11.2. The van der Waals surface area contributed by atoms with Crippen molar-refractivity contribution in [2.75, 3.05) is 19.5 Å². The zero-order chi connectivity index (χ0) is 15.8. The molecule has 7 heteroatoms. The largest absolute Gasteiger partial charge is 0.393 e. The van der Waals surface area contributed by atoms with E-state index in [4.69, 9.17) is 34.3 Å². The van der Waals surface area contributed by atoms with Crippen LogP contribution in [0, 0.1) is 5.41 Å². The van der Waals surface area contributed by atoms with E-state index in [2.05, 4.69) is 0 Å². The Morgan fingerprint density at radius 3 is 2.67 bits per heavy atom. The van der Waals surface area contributed by atoms with Gasteiger partial charge < -0.3 is 10.5 Å². The van der Waals surface area contributed by atoms with Crippen molar-refractivity contribution in [3.63, 3.8) is 0 Å². The molecule has 1 aromatic carbocycles. The molecule has 0 bridgehead atoms. The molecule has 0 aromatic heterocycles. The molecule has 1 fully saturated rings. The number of hydrogen-bond acceptors (Lipinski definition) is 4. The van der Waals surface area contributed by atoms with Gasteiger partial charge in [-0.1, -0.05) is 42.9 Å². The zero-order valence-corrected chi connectivity index (χ0v) is 14.3. The van der Waals surface area contributed by atoms with E-state index in [-0.39, 0.29) is 23.3 Å². The fourth-order valence-corrected chi connectivity index (χ4v) is 5.72. The molecule has 4 nitrogen and oxygen atoms in total. The fourth-order valence-electron chi connectivity index (χ4n) is 3.06. The highest BCUT2D eigenvalue weighted by Gasteiger charge is 2.72. The third-order valence-corrected chi connectivity index (χ3v) is 6.98. The monoisotopic (exact) mass is 347 g/mol. The smallest absolute Gasteiger partial charge is 0.154 e. The lowest BCUT2D eigenvalue weighted by molar-refractivity contribution is 0.166. The first-order valence-corrected chi connectivity index (χ1v) is 9.07. The van der Waals surface area contributed by atoms with Gasteiger partial charge in [-0.15, -0.1) is 0 Å². The predicted molar refractivity (Wildman–Crippen MR) is 88.5 cm³/mol. The molecule has 1 aliphatic rings. The molecule has 0 aliphatic heterocycles. The molecule has 0 spiro atoms. The second kappa shape index (κ2) is 5.83. The summed E-state index contributed by atoms with van der Waals surface area (Å²) in [5.74, 6) is -0.262. The first kappa shape index (κ1) is 16.7. The van der Waals surface area contributed by atoms with Gasteiger partial charge in [0.1, 0.15) is 0 Å². The Kier molecular flexibility index (Phi) is 4.63. The molecule has 116 valence electrons.